The fraction of sp³-hybridized carbons (Fsp3) is 0.400. The molecule has 1 heterocycles. The van der Waals surface area contributed by atoms with Crippen LogP contribution in [0.25, 0.3) is 6.08 Å². The van der Waals surface area contributed by atoms with Crippen molar-refractivity contribution in [1.82, 2.24) is 9.21 Å². The molecule has 1 amide bonds. The van der Waals surface area contributed by atoms with Gasteiger partial charge in [-0.3, -0.25) is 4.79 Å². The zero-order valence-corrected chi connectivity index (χ0v) is 20.5. The summed E-state index contributed by atoms with van der Waals surface area (Å²) < 4.78 is 37.6. The van der Waals surface area contributed by atoms with Crippen LogP contribution in [0.4, 0.5) is 0 Å². The van der Waals surface area contributed by atoms with Crippen molar-refractivity contribution in [3.63, 3.8) is 0 Å². The standard InChI is InChI=1S/C25H32N2O5S/c1-5-26(6-2)33(29,30)21-13-9-19(10-14-21)11-16-25(28)27-17-7-8-23(27)22-18-20(31-3)12-15-24(22)32-4/h9-16,18,23H,5-8,17H2,1-4H3/b16-11+. The molecular formula is C25H32N2O5S. The Kier molecular flexibility index (Phi) is 8.15. The molecule has 0 bridgehead atoms. The maximum Gasteiger partial charge on any atom is 0.247 e. The molecule has 1 aliphatic heterocycles. The van der Waals surface area contributed by atoms with Crippen molar-refractivity contribution in [1.29, 1.82) is 0 Å². The molecule has 0 radical (unpaired) electrons. The number of rotatable bonds is 9. The first-order valence-corrected chi connectivity index (χ1v) is 12.6. The summed E-state index contributed by atoms with van der Waals surface area (Å²) in [5.74, 6) is 1.36. The number of nitrogens with zero attached hydrogens (tertiary/aromatic N) is 2. The van der Waals surface area contributed by atoms with Crippen molar-refractivity contribution in [3.05, 3.63) is 59.7 Å². The van der Waals surface area contributed by atoms with Crippen molar-refractivity contribution in [3.8, 4) is 11.5 Å². The van der Waals surface area contributed by atoms with Crippen molar-refractivity contribution < 1.29 is 22.7 Å². The third-order valence-corrected chi connectivity index (χ3v) is 8.04. The number of carbonyl (C=O) groups is 1. The normalized spacial score (nSPS) is 16.5. The number of ether oxygens (including phenoxy) is 2. The van der Waals surface area contributed by atoms with Crippen LogP contribution in [0.2, 0.25) is 0 Å². The van der Waals surface area contributed by atoms with Gasteiger partial charge >= 0.3 is 0 Å². The maximum atomic E-state index is 13.0. The molecule has 1 unspecified atom stereocenters. The van der Waals surface area contributed by atoms with E-state index in [9.17, 15) is 13.2 Å². The smallest absolute Gasteiger partial charge is 0.247 e. The Hall–Kier alpha value is -2.84. The molecule has 7 nitrogen and oxygen atoms in total. The first-order valence-electron chi connectivity index (χ1n) is 11.2. The van der Waals surface area contributed by atoms with Crippen LogP contribution in [-0.2, 0) is 14.8 Å². The number of hydrogen-bond acceptors (Lipinski definition) is 5. The van der Waals surface area contributed by atoms with E-state index in [2.05, 4.69) is 0 Å². The lowest BCUT2D eigenvalue weighted by molar-refractivity contribution is -0.126. The molecule has 0 aliphatic carbocycles. The zero-order valence-electron chi connectivity index (χ0n) is 19.7. The molecule has 1 atom stereocenters. The second-order valence-electron chi connectivity index (χ2n) is 7.79. The highest BCUT2D eigenvalue weighted by Gasteiger charge is 2.31. The summed E-state index contributed by atoms with van der Waals surface area (Å²) in [5.41, 5.74) is 1.69. The average molecular weight is 473 g/mol. The van der Waals surface area contributed by atoms with Gasteiger partial charge in [0, 0.05) is 31.3 Å². The fourth-order valence-corrected chi connectivity index (χ4v) is 5.64. The molecule has 8 heteroatoms. The maximum absolute atomic E-state index is 13.0. The highest BCUT2D eigenvalue weighted by Crippen LogP contribution is 2.39. The van der Waals surface area contributed by atoms with E-state index in [0.717, 1.165) is 35.5 Å². The molecule has 0 N–H and O–H groups in total. The van der Waals surface area contributed by atoms with Gasteiger partial charge in [-0.2, -0.15) is 4.31 Å². The molecule has 1 saturated heterocycles. The van der Waals surface area contributed by atoms with Gasteiger partial charge in [-0.05, 0) is 54.8 Å². The minimum absolute atomic E-state index is 0.0891. The van der Waals surface area contributed by atoms with Crippen LogP contribution in [0, 0.1) is 0 Å². The van der Waals surface area contributed by atoms with E-state index in [4.69, 9.17) is 9.47 Å². The summed E-state index contributed by atoms with van der Waals surface area (Å²) >= 11 is 0. The molecule has 3 rings (SSSR count). The Morgan fingerprint density at radius 2 is 1.79 bits per heavy atom. The number of benzene rings is 2. The number of carbonyl (C=O) groups excluding carboxylic acids is 1. The second kappa shape index (κ2) is 10.9. The van der Waals surface area contributed by atoms with Crippen LogP contribution in [0.15, 0.2) is 53.4 Å². The van der Waals surface area contributed by atoms with Crippen molar-refractivity contribution in [2.75, 3.05) is 33.9 Å². The minimum Gasteiger partial charge on any atom is -0.497 e. The van der Waals surface area contributed by atoms with Gasteiger partial charge < -0.3 is 14.4 Å². The summed E-state index contributed by atoms with van der Waals surface area (Å²) in [6.45, 7) is 5.14. The van der Waals surface area contributed by atoms with Crippen molar-refractivity contribution >= 4 is 22.0 Å². The molecule has 2 aromatic carbocycles. The summed E-state index contributed by atoms with van der Waals surface area (Å²) in [4.78, 5) is 15.1. The summed E-state index contributed by atoms with van der Waals surface area (Å²) in [7, 11) is -0.264. The van der Waals surface area contributed by atoms with E-state index < -0.39 is 10.0 Å². The highest BCUT2D eigenvalue weighted by molar-refractivity contribution is 7.89. The first-order chi connectivity index (χ1) is 15.8. The van der Waals surface area contributed by atoms with Crippen molar-refractivity contribution in [2.24, 2.45) is 0 Å². The Labute approximate surface area is 196 Å². The third-order valence-electron chi connectivity index (χ3n) is 5.97. The fourth-order valence-electron chi connectivity index (χ4n) is 4.18. The molecule has 0 aromatic heterocycles. The quantitative estimate of drug-likeness (QED) is 0.514. The molecular weight excluding hydrogens is 440 g/mol. The lowest BCUT2D eigenvalue weighted by atomic mass is 10.0. The van der Waals surface area contributed by atoms with Gasteiger partial charge in [0.25, 0.3) is 0 Å². The van der Waals surface area contributed by atoms with E-state index in [1.165, 1.54) is 4.31 Å². The molecule has 178 valence electrons. The lowest BCUT2D eigenvalue weighted by Crippen LogP contribution is -2.30. The Morgan fingerprint density at radius 3 is 2.39 bits per heavy atom. The van der Waals surface area contributed by atoms with Gasteiger partial charge in [0.2, 0.25) is 15.9 Å². The van der Waals surface area contributed by atoms with Crippen LogP contribution < -0.4 is 9.47 Å². The van der Waals surface area contributed by atoms with Crippen LogP contribution in [0.3, 0.4) is 0 Å². The molecule has 0 saturated carbocycles. The van der Waals surface area contributed by atoms with E-state index in [-0.39, 0.29) is 16.8 Å². The molecule has 1 aliphatic rings. The van der Waals surface area contributed by atoms with Gasteiger partial charge in [-0.25, -0.2) is 8.42 Å². The number of amides is 1. The first kappa shape index (κ1) is 24.8. The SMILES string of the molecule is CCN(CC)S(=O)(=O)c1ccc(/C=C/C(=O)N2CCCC2c2cc(OC)ccc2OC)cc1. The summed E-state index contributed by atoms with van der Waals surface area (Å²) in [5, 5.41) is 0. The van der Waals surface area contributed by atoms with Crippen LogP contribution in [-0.4, -0.2) is 57.4 Å². The molecule has 33 heavy (non-hydrogen) atoms. The van der Waals surface area contributed by atoms with E-state index in [1.807, 2.05) is 36.9 Å². The number of methoxy groups -OCH3 is 2. The van der Waals surface area contributed by atoms with Gasteiger partial charge in [0.15, 0.2) is 0 Å². The van der Waals surface area contributed by atoms with Gasteiger partial charge in [-0.1, -0.05) is 26.0 Å². The number of sulfonamides is 1. The number of likely N-dealkylation sites (tertiary alicyclic amines) is 1. The third kappa shape index (κ3) is 5.39. The average Bonchev–Trinajstić information content (AvgIpc) is 3.33. The minimum atomic E-state index is -3.50. The van der Waals surface area contributed by atoms with Gasteiger partial charge in [0.05, 0.1) is 25.2 Å². The van der Waals surface area contributed by atoms with E-state index >= 15 is 0 Å². The monoisotopic (exact) mass is 472 g/mol. The largest absolute Gasteiger partial charge is 0.497 e. The Bertz CT molecular complexity index is 1090. The van der Waals surface area contributed by atoms with Crippen LogP contribution in [0.1, 0.15) is 43.9 Å². The van der Waals surface area contributed by atoms with Crippen molar-refractivity contribution in [2.45, 2.75) is 37.6 Å². The van der Waals surface area contributed by atoms with E-state index in [1.54, 1.807) is 50.6 Å². The lowest BCUT2D eigenvalue weighted by Gasteiger charge is -2.25. The number of hydrogen-bond donors (Lipinski definition) is 0. The zero-order chi connectivity index (χ0) is 24.0. The predicted octanol–water partition coefficient (Wildman–Crippen LogP) is 4.11. The Balaban J connectivity index is 1.76. The van der Waals surface area contributed by atoms with Crippen LogP contribution in [0.5, 0.6) is 11.5 Å². The highest BCUT2D eigenvalue weighted by atomic mass is 32.2. The summed E-state index contributed by atoms with van der Waals surface area (Å²) in [6, 6.07) is 12.1. The van der Waals surface area contributed by atoms with E-state index in [0.29, 0.717) is 19.6 Å². The van der Waals surface area contributed by atoms with Gasteiger partial charge in [-0.15, -0.1) is 0 Å². The topological polar surface area (TPSA) is 76.2 Å². The summed E-state index contributed by atoms with van der Waals surface area (Å²) in [6.07, 6.45) is 5.01. The molecule has 1 fully saturated rings. The Morgan fingerprint density at radius 1 is 1.09 bits per heavy atom. The molecule has 0 spiro atoms. The van der Waals surface area contributed by atoms with Gasteiger partial charge in [0.1, 0.15) is 11.5 Å². The van der Waals surface area contributed by atoms with Crippen LogP contribution >= 0.6 is 0 Å². The second-order valence-corrected chi connectivity index (χ2v) is 9.73. The predicted molar refractivity (Wildman–Crippen MR) is 129 cm³/mol. The molecule has 2 aromatic rings.